The van der Waals surface area contributed by atoms with Crippen molar-refractivity contribution in [2.24, 2.45) is 0 Å². The van der Waals surface area contributed by atoms with E-state index < -0.39 is 17.5 Å². The summed E-state index contributed by atoms with van der Waals surface area (Å²) in [5.74, 6) is -0.531. The van der Waals surface area contributed by atoms with Crippen molar-refractivity contribution in [2.45, 2.75) is 6.36 Å². The fourth-order valence-corrected chi connectivity index (χ4v) is 3.13. The summed E-state index contributed by atoms with van der Waals surface area (Å²) >= 11 is 0. The molecule has 0 aliphatic carbocycles. The molecule has 2 aromatic heterocycles. The summed E-state index contributed by atoms with van der Waals surface area (Å²) in [5.41, 5.74) is 0.542. The molecule has 0 aliphatic rings. The molecule has 0 unspecified atom stereocenters. The first-order valence-electron chi connectivity index (χ1n) is 9.87. The third-order valence-electron chi connectivity index (χ3n) is 4.55. The highest BCUT2D eigenvalue weighted by Crippen LogP contribution is 2.31. The number of hydrogen-bond acceptors (Lipinski definition) is 6. The zero-order chi connectivity index (χ0) is 24.1. The molecule has 0 radical (unpaired) electrons. The average Bonchev–Trinajstić information content (AvgIpc) is 3.34. The molecule has 0 aliphatic heterocycles. The van der Waals surface area contributed by atoms with Gasteiger partial charge in [0.05, 0.1) is 11.4 Å². The lowest BCUT2D eigenvalue weighted by atomic mass is 10.2. The number of alkyl halides is 3. The van der Waals surface area contributed by atoms with E-state index in [1.807, 2.05) is 6.07 Å². The number of halogens is 3. The molecule has 0 saturated carbocycles. The van der Waals surface area contributed by atoms with Gasteiger partial charge < -0.3 is 15.5 Å². The largest absolute Gasteiger partial charge is 0.573 e. The molecule has 0 saturated heterocycles. The monoisotopic (exact) mass is 466 g/mol. The first-order chi connectivity index (χ1) is 16.3. The maximum atomic E-state index is 13.2. The highest BCUT2D eigenvalue weighted by atomic mass is 19.4. The van der Waals surface area contributed by atoms with Gasteiger partial charge in [-0.3, -0.25) is 4.79 Å². The summed E-state index contributed by atoms with van der Waals surface area (Å²) < 4.78 is 46.2. The van der Waals surface area contributed by atoms with Gasteiger partial charge in [0.25, 0.3) is 0 Å². The molecule has 4 aromatic rings. The molecule has 0 bridgehead atoms. The fraction of sp³-hybridized carbons (Fsp3) is 0.0435. The Bertz CT molecular complexity index is 1380. The van der Waals surface area contributed by atoms with E-state index in [-0.39, 0.29) is 17.1 Å². The molecule has 2 heterocycles. The van der Waals surface area contributed by atoms with Crippen molar-refractivity contribution in [1.82, 2.24) is 19.6 Å². The van der Waals surface area contributed by atoms with Crippen molar-refractivity contribution in [3.05, 3.63) is 101 Å². The molecule has 172 valence electrons. The first kappa shape index (κ1) is 22.5. The number of benzene rings is 2. The lowest BCUT2D eigenvalue weighted by Gasteiger charge is -2.17. The number of aromatic nitrogens is 4. The normalized spacial score (nSPS) is 11.8. The minimum Gasteiger partial charge on any atom is -0.403 e. The maximum Gasteiger partial charge on any atom is 0.573 e. The Morgan fingerprint density at radius 3 is 2.50 bits per heavy atom. The summed E-state index contributed by atoms with van der Waals surface area (Å²) in [6.07, 6.45) is 1.65. The second kappa shape index (κ2) is 9.45. The van der Waals surface area contributed by atoms with E-state index in [4.69, 9.17) is 5.41 Å². The summed E-state index contributed by atoms with van der Waals surface area (Å²) in [4.78, 5) is 12.6. The second-order valence-electron chi connectivity index (χ2n) is 6.86. The van der Waals surface area contributed by atoms with Crippen LogP contribution < -0.4 is 15.5 Å². The summed E-state index contributed by atoms with van der Waals surface area (Å²) in [5, 5.41) is 18.7. The molecular formula is C23H17F3N6O2. The van der Waals surface area contributed by atoms with Crippen LogP contribution in [0.25, 0.3) is 17.1 Å². The fourth-order valence-electron chi connectivity index (χ4n) is 3.13. The van der Waals surface area contributed by atoms with Crippen LogP contribution >= 0.6 is 0 Å². The van der Waals surface area contributed by atoms with Crippen molar-refractivity contribution in [3.63, 3.8) is 0 Å². The highest BCUT2D eigenvalue weighted by Gasteiger charge is 2.33. The number of anilines is 1. The van der Waals surface area contributed by atoms with E-state index in [1.54, 1.807) is 42.6 Å². The van der Waals surface area contributed by atoms with Gasteiger partial charge in [-0.25, -0.2) is 9.36 Å². The average molecular weight is 466 g/mol. The molecule has 0 atom stereocenters. The summed E-state index contributed by atoms with van der Waals surface area (Å²) in [7, 11) is 0. The topological polar surface area (TPSA) is 97.8 Å². The Kier molecular flexibility index (Phi) is 6.26. The van der Waals surface area contributed by atoms with Crippen LogP contribution in [0.15, 0.2) is 90.1 Å². The van der Waals surface area contributed by atoms with Gasteiger partial charge in [0.2, 0.25) is 5.43 Å². The smallest absolute Gasteiger partial charge is 0.403 e. The molecule has 2 aromatic carbocycles. The van der Waals surface area contributed by atoms with Gasteiger partial charge >= 0.3 is 6.36 Å². The zero-order valence-electron chi connectivity index (χ0n) is 17.4. The van der Waals surface area contributed by atoms with E-state index in [2.05, 4.69) is 20.3 Å². The molecule has 11 heteroatoms. The molecule has 34 heavy (non-hydrogen) atoms. The van der Waals surface area contributed by atoms with Crippen LogP contribution in [0.1, 0.15) is 5.69 Å². The van der Waals surface area contributed by atoms with Crippen LogP contribution in [0.2, 0.25) is 0 Å². The van der Waals surface area contributed by atoms with E-state index in [0.717, 1.165) is 10.9 Å². The van der Waals surface area contributed by atoms with E-state index in [0.29, 0.717) is 11.4 Å². The van der Waals surface area contributed by atoms with Crippen LogP contribution in [-0.2, 0) is 0 Å². The van der Waals surface area contributed by atoms with Crippen molar-refractivity contribution < 1.29 is 17.9 Å². The van der Waals surface area contributed by atoms with Gasteiger partial charge in [-0.05, 0) is 36.4 Å². The number of para-hydroxylation sites is 1. The molecule has 0 amide bonds. The van der Waals surface area contributed by atoms with Gasteiger partial charge in [0.15, 0.2) is 11.4 Å². The lowest BCUT2D eigenvalue weighted by molar-refractivity contribution is -0.274. The van der Waals surface area contributed by atoms with Gasteiger partial charge in [-0.15, -0.1) is 13.2 Å². The molecule has 4 rings (SSSR count). The van der Waals surface area contributed by atoms with Gasteiger partial charge in [-0.1, -0.05) is 18.2 Å². The predicted molar refractivity (Wildman–Crippen MR) is 120 cm³/mol. The molecule has 2 N–H and O–H groups in total. The quantitative estimate of drug-likeness (QED) is 0.393. The van der Waals surface area contributed by atoms with Crippen molar-refractivity contribution in [2.75, 3.05) is 5.32 Å². The highest BCUT2D eigenvalue weighted by molar-refractivity contribution is 5.86. The number of nitrogens with zero attached hydrogens (tertiary/aromatic N) is 4. The molecule has 0 fully saturated rings. The molecular weight excluding hydrogens is 449 g/mol. The molecule has 0 spiro atoms. The lowest BCUT2D eigenvalue weighted by Crippen LogP contribution is -2.21. The number of hydrogen-bond donors (Lipinski definition) is 2. The van der Waals surface area contributed by atoms with Gasteiger partial charge in [-0.2, -0.15) is 10.2 Å². The SMILES string of the molecule is N=C/C=C(\Nc1ccccc1)c1nn(-c2ccc(-n3cccn3)cc2OC(F)(F)F)ccc1=O. The van der Waals surface area contributed by atoms with Crippen LogP contribution in [0.3, 0.4) is 0 Å². The number of ether oxygens (including phenoxy) is 1. The Morgan fingerprint density at radius 2 is 1.82 bits per heavy atom. The predicted octanol–water partition coefficient (Wildman–Crippen LogP) is 4.42. The zero-order valence-corrected chi connectivity index (χ0v) is 17.4. The Labute approximate surface area is 191 Å². The van der Waals surface area contributed by atoms with Gasteiger partial charge in [0.1, 0.15) is 5.69 Å². The van der Waals surface area contributed by atoms with E-state index in [9.17, 15) is 18.0 Å². The number of allylic oxidation sites excluding steroid dienone is 1. The van der Waals surface area contributed by atoms with E-state index >= 15 is 0 Å². The Morgan fingerprint density at radius 1 is 1.03 bits per heavy atom. The second-order valence-corrected chi connectivity index (χ2v) is 6.86. The van der Waals surface area contributed by atoms with Crippen LogP contribution in [-0.4, -0.2) is 32.1 Å². The summed E-state index contributed by atoms with van der Waals surface area (Å²) in [6, 6.07) is 15.8. The van der Waals surface area contributed by atoms with Crippen LogP contribution in [0.4, 0.5) is 18.9 Å². The van der Waals surface area contributed by atoms with Crippen molar-refractivity contribution in [3.8, 4) is 17.1 Å². The molecule has 8 nitrogen and oxygen atoms in total. The van der Waals surface area contributed by atoms with Crippen molar-refractivity contribution >= 4 is 17.6 Å². The summed E-state index contributed by atoms with van der Waals surface area (Å²) in [6.45, 7) is 0. The van der Waals surface area contributed by atoms with Gasteiger partial charge in [0, 0.05) is 42.6 Å². The third kappa shape index (κ3) is 5.21. The Hall–Kier alpha value is -4.67. The van der Waals surface area contributed by atoms with E-state index in [1.165, 1.54) is 41.4 Å². The van der Waals surface area contributed by atoms with Crippen molar-refractivity contribution in [1.29, 1.82) is 5.41 Å². The van der Waals surface area contributed by atoms with Crippen LogP contribution in [0, 0.1) is 5.41 Å². The van der Waals surface area contributed by atoms with Crippen LogP contribution in [0.5, 0.6) is 5.75 Å². The Balaban J connectivity index is 1.80. The number of nitrogens with one attached hydrogen (secondary N) is 2. The maximum absolute atomic E-state index is 13.2. The third-order valence-corrected chi connectivity index (χ3v) is 4.55. The number of rotatable bonds is 7. The standard InChI is InChI=1S/C23H17F3N6O2/c24-23(25,26)34-21-15-17(31-13-4-12-28-31)7-8-19(21)32-14-10-20(33)22(30-32)18(9-11-27)29-16-5-2-1-3-6-16/h1-15,27,29H/b18-9-,27-11?. The first-order valence-corrected chi connectivity index (χ1v) is 9.87. The minimum atomic E-state index is -4.96. The minimum absolute atomic E-state index is 0.0524.